The van der Waals surface area contributed by atoms with Crippen LogP contribution in [0.3, 0.4) is 0 Å². The lowest BCUT2D eigenvalue weighted by Gasteiger charge is -2.16. The molecule has 0 atom stereocenters. The largest absolute Gasteiger partial charge is 0.494 e. The molecule has 5 heteroatoms. The molecule has 3 rings (SSSR count). The van der Waals surface area contributed by atoms with Crippen LogP contribution < -0.4 is 9.47 Å². The number of thioether (sulfide) groups is 1. The first-order chi connectivity index (χ1) is 10.3. The first-order valence-electron chi connectivity index (χ1n) is 6.51. The highest BCUT2D eigenvalue weighted by molar-refractivity contribution is 8.13. The molecule has 0 fully saturated rings. The van der Waals surface area contributed by atoms with Crippen molar-refractivity contribution in [3.8, 4) is 11.5 Å². The van der Waals surface area contributed by atoms with Gasteiger partial charge in [0.25, 0.3) is 0 Å². The van der Waals surface area contributed by atoms with Gasteiger partial charge in [0.15, 0.2) is 11.6 Å². The molecule has 0 saturated carbocycles. The lowest BCUT2D eigenvalue weighted by molar-refractivity contribution is 0.375. The van der Waals surface area contributed by atoms with E-state index < -0.39 is 0 Å². The van der Waals surface area contributed by atoms with Crippen LogP contribution in [0, 0.1) is 5.82 Å². The number of fused-ring (bicyclic) bond motifs is 1. The maximum atomic E-state index is 13.6. The summed E-state index contributed by atoms with van der Waals surface area (Å²) in [7, 11) is 1.46. The molecule has 108 valence electrons. The van der Waals surface area contributed by atoms with E-state index in [2.05, 4.69) is 4.99 Å². The quantitative estimate of drug-likeness (QED) is 0.852. The highest BCUT2D eigenvalue weighted by Crippen LogP contribution is 2.32. The monoisotopic (exact) mass is 303 g/mol. The minimum absolute atomic E-state index is 0.260. The fraction of sp³-hybridized carbons (Fsp3) is 0.188. The summed E-state index contributed by atoms with van der Waals surface area (Å²) >= 11 is 1.55. The molecule has 0 saturated heterocycles. The van der Waals surface area contributed by atoms with Gasteiger partial charge < -0.3 is 9.47 Å². The Balaban J connectivity index is 1.69. The van der Waals surface area contributed by atoms with Crippen molar-refractivity contribution in [1.29, 1.82) is 0 Å². The molecule has 1 heterocycles. The molecular formula is C16H14FNO2S. The molecule has 0 N–H and O–H groups in total. The molecule has 0 unspecified atom stereocenters. The van der Waals surface area contributed by atoms with E-state index in [1.807, 2.05) is 30.3 Å². The number of aliphatic imine (C=N–C) groups is 1. The van der Waals surface area contributed by atoms with Gasteiger partial charge in [0, 0.05) is 5.75 Å². The first-order valence-corrected chi connectivity index (χ1v) is 7.49. The number of para-hydroxylation sites is 2. The predicted molar refractivity (Wildman–Crippen MR) is 83.3 cm³/mol. The standard InChI is InChI=1S/C16H14FNO2S/c1-19-14-7-6-11(8-12(14)17)10-21-16-9-20-15-5-3-2-4-13(15)18-16/h2-8H,9-10H2,1H3. The van der Waals surface area contributed by atoms with E-state index in [-0.39, 0.29) is 11.6 Å². The van der Waals surface area contributed by atoms with E-state index in [4.69, 9.17) is 9.47 Å². The SMILES string of the molecule is COc1ccc(CSC2=Nc3ccccc3OC2)cc1F. The maximum Gasteiger partial charge on any atom is 0.165 e. The topological polar surface area (TPSA) is 30.8 Å². The molecular weight excluding hydrogens is 289 g/mol. The number of methoxy groups -OCH3 is 1. The van der Waals surface area contributed by atoms with E-state index >= 15 is 0 Å². The van der Waals surface area contributed by atoms with Crippen LogP contribution in [-0.2, 0) is 5.75 Å². The van der Waals surface area contributed by atoms with Gasteiger partial charge in [-0.1, -0.05) is 18.2 Å². The summed E-state index contributed by atoms with van der Waals surface area (Å²) in [6.07, 6.45) is 0. The summed E-state index contributed by atoms with van der Waals surface area (Å²) in [5.41, 5.74) is 1.73. The first kappa shape index (κ1) is 13.9. The number of nitrogens with zero attached hydrogens (tertiary/aromatic N) is 1. The third kappa shape index (κ3) is 3.19. The summed E-state index contributed by atoms with van der Waals surface area (Å²) in [6.45, 7) is 0.459. The Bertz CT molecular complexity index is 688. The van der Waals surface area contributed by atoms with Gasteiger partial charge in [0.1, 0.15) is 23.1 Å². The lowest BCUT2D eigenvalue weighted by Crippen LogP contribution is -2.12. The fourth-order valence-corrected chi connectivity index (χ4v) is 2.84. The summed E-state index contributed by atoms with van der Waals surface area (Å²) in [5, 5.41) is 0.893. The zero-order chi connectivity index (χ0) is 14.7. The Labute approximate surface area is 126 Å². The van der Waals surface area contributed by atoms with E-state index in [1.54, 1.807) is 17.8 Å². The van der Waals surface area contributed by atoms with Gasteiger partial charge in [-0.3, -0.25) is 0 Å². The normalized spacial score (nSPS) is 13.1. The molecule has 0 amide bonds. The summed E-state index contributed by atoms with van der Waals surface area (Å²) in [4.78, 5) is 4.55. The number of benzene rings is 2. The van der Waals surface area contributed by atoms with Crippen LogP contribution in [0.5, 0.6) is 11.5 Å². The number of rotatable bonds is 3. The lowest BCUT2D eigenvalue weighted by atomic mass is 10.2. The highest BCUT2D eigenvalue weighted by atomic mass is 32.2. The molecule has 0 radical (unpaired) electrons. The molecule has 2 aromatic rings. The summed E-state index contributed by atoms with van der Waals surface area (Å²) in [6, 6.07) is 12.7. The molecule has 1 aliphatic rings. The van der Waals surface area contributed by atoms with E-state index in [0.29, 0.717) is 12.4 Å². The van der Waals surface area contributed by atoms with Crippen LogP contribution in [0.2, 0.25) is 0 Å². The Morgan fingerprint density at radius 2 is 2.14 bits per heavy atom. The van der Waals surface area contributed by atoms with Crippen LogP contribution in [0.25, 0.3) is 0 Å². The Hall–Kier alpha value is -2.01. The second kappa shape index (κ2) is 6.18. The number of ether oxygens (including phenoxy) is 2. The average molecular weight is 303 g/mol. The van der Waals surface area contributed by atoms with Crippen LogP contribution in [-0.4, -0.2) is 18.8 Å². The van der Waals surface area contributed by atoms with Crippen molar-refractivity contribution >= 4 is 22.5 Å². The third-order valence-corrected chi connectivity index (χ3v) is 4.10. The van der Waals surface area contributed by atoms with E-state index in [1.165, 1.54) is 13.2 Å². The smallest absolute Gasteiger partial charge is 0.165 e. The van der Waals surface area contributed by atoms with E-state index in [9.17, 15) is 4.39 Å². The van der Waals surface area contributed by atoms with Crippen molar-refractivity contribution in [2.24, 2.45) is 4.99 Å². The molecule has 0 aliphatic carbocycles. The van der Waals surface area contributed by atoms with Gasteiger partial charge >= 0.3 is 0 Å². The summed E-state index contributed by atoms with van der Waals surface area (Å²) < 4.78 is 24.2. The minimum atomic E-state index is -0.345. The minimum Gasteiger partial charge on any atom is -0.494 e. The van der Waals surface area contributed by atoms with Crippen LogP contribution in [0.1, 0.15) is 5.56 Å². The molecule has 1 aliphatic heterocycles. The average Bonchev–Trinajstić information content (AvgIpc) is 2.53. The Morgan fingerprint density at radius 3 is 2.95 bits per heavy atom. The van der Waals surface area contributed by atoms with Crippen LogP contribution >= 0.6 is 11.8 Å². The number of hydrogen-bond acceptors (Lipinski definition) is 4. The molecule has 3 nitrogen and oxygen atoms in total. The zero-order valence-corrected chi connectivity index (χ0v) is 12.3. The van der Waals surface area contributed by atoms with Gasteiger partial charge in [0.2, 0.25) is 0 Å². The number of halogens is 1. The van der Waals surface area contributed by atoms with Crippen molar-refractivity contribution in [1.82, 2.24) is 0 Å². The van der Waals surface area contributed by atoms with Crippen molar-refractivity contribution in [2.75, 3.05) is 13.7 Å². The van der Waals surface area contributed by atoms with Crippen molar-refractivity contribution in [3.63, 3.8) is 0 Å². The zero-order valence-electron chi connectivity index (χ0n) is 11.5. The molecule has 0 spiro atoms. The van der Waals surface area contributed by atoms with Gasteiger partial charge in [-0.2, -0.15) is 0 Å². The van der Waals surface area contributed by atoms with Gasteiger partial charge in [-0.15, -0.1) is 11.8 Å². The van der Waals surface area contributed by atoms with Crippen molar-refractivity contribution < 1.29 is 13.9 Å². The van der Waals surface area contributed by atoms with Crippen molar-refractivity contribution in [2.45, 2.75) is 5.75 Å². The van der Waals surface area contributed by atoms with Gasteiger partial charge in [-0.05, 0) is 29.8 Å². The van der Waals surface area contributed by atoms with Gasteiger partial charge in [-0.25, -0.2) is 9.38 Å². The fourth-order valence-electron chi connectivity index (χ4n) is 2.02. The third-order valence-electron chi connectivity index (χ3n) is 3.08. The molecule has 2 aromatic carbocycles. The second-order valence-corrected chi connectivity index (χ2v) is 5.57. The highest BCUT2D eigenvalue weighted by Gasteiger charge is 2.13. The predicted octanol–water partition coefficient (Wildman–Crippen LogP) is 4.19. The Kier molecular flexibility index (Phi) is 4.10. The van der Waals surface area contributed by atoms with Crippen LogP contribution in [0.15, 0.2) is 47.5 Å². The van der Waals surface area contributed by atoms with E-state index in [0.717, 1.165) is 22.0 Å². The number of hydrogen-bond donors (Lipinski definition) is 0. The van der Waals surface area contributed by atoms with Crippen LogP contribution in [0.4, 0.5) is 10.1 Å². The maximum absolute atomic E-state index is 13.6. The van der Waals surface area contributed by atoms with Gasteiger partial charge in [0.05, 0.1) is 7.11 Å². The molecule has 21 heavy (non-hydrogen) atoms. The molecule has 0 bridgehead atoms. The molecule has 0 aromatic heterocycles. The second-order valence-electron chi connectivity index (χ2n) is 4.52. The Morgan fingerprint density at radius 1 is 1.29 bits per heavy atom. The summed E-state index contributed by atoms with van der Waals surface area (Å²) in [5.74, 6) is 1.36. The van der Waals surface area contributed by atoms with Crippen molar-refractivity contribution in [3.05, 3.63) is 53.8 Å².